The minimum atomic E-state index is -0.0181. The highest BCUT2D eigenvalue weighted by Crippen LogP contribution is 2.36. The number of rotatable bonds is 4. The van der Waals surface area contributed by atoms with E-state index in [9.17, 15) is 4.79 Å². The van der Waals surface area contributed by atoms with Gasteiger partial charge in [-0.1, -0.05) is 0 Å². The third-order valence-corrected chi connectivity index (χ3v) is 4.13. The molecule has 3 N–H and O–H groups in total. The SMILES string of the molecule is NC1C2CCCOC2C1NC(=O)CCn1cccn1. The molecular weight excluding hydrogens is 244 g/mol. The zero-order valence-electron chi connectivity index (χ0n) is 10.9. The van der Waals surface area contributed by atoms with Crippen molar-refractivity contribution in [2.75, 3.05) is 6.61 Å². The lowest BCUT2D eigenvalue weighted by Gasteiger charge is -2.52. The summed E-state index contributed by atoms with van der Waals surface area (Å²) in [5.41, 5.74) is 6.10. The first-order valence-corrected chi connectivity index (χ1v) is 6.89. The van der Waals surface area contributed by atoms with Crippen molar-refractivity contribution in [1.82, 2.24) is 15.1 Å². The van der Waals surface area contributed by atoms with Gasteiger partial charge < -0.3 is 15.8 Å². The Morgan fingerprint density at radius 2 is 2.47 bits per heavy atom. The number of ether oxygens (including phenoxy) is 1. The number of amides is 1. The molecule has 1 amide bonds. The van der Waals surface area contributed by atoms with E-state index in [0.717, 1.165) is 19.4 Å². The molecule has 19 heavy (non-hydrogen) atoms. The van der Waals surface area contributed by atoms with Crippen molar-refractivity contribution in [2.24, 2.45) is 11.7 Å². The Hall–Kier alpha value is -1.40. The summed E-state index contributed by atoms with van der Waals surface area (Å²) >= 11 is 0. The van der Waals surface area contributed by atoms with E-state index in [0.29, 0.717) is 18.9 Å². The van der Waals surface area contributed by atoms with Gasteiger partial charge in [0.05, 0.1) is 12.1 Å². The molecule has 1 aliphatic carbocycles. The smallest absolute Gasteiger partial charge is 0.222 e. The first kappa shape index (κ1) is 12.6. The Labute approximate surface area is 112 Å². The van der Waals surface area contributed by atoms with E-state index in [2.05, 4.69) is 10.4 Å². The second-order valence-corrected chi connectivity index (χ2v) is 5.33. The quantitative estimate of drug-likeness (QED) is 0.795. The number of nitrogens with zero attached hydrogens (tertiary/aromatic N) is 2. The van der Waals surface area contributed by atoms with Gasteiger partial charge in [0.15, 0.2) is 0 Å². The van der Waals surface area contributed by atoms with Gasteiger partial charge >= 0.3 is 0 Å². The number of carbonyl (C=O) groups excluding carboxylic acids is 1. The Morgan fingerprint density at radius 3 is 3.26 bits per heavy atom. The van der Waals surface area contributed by atoms with Crippen LogP contribution in [0.2, 0.25) is 0 Å². The largest absolute Gasteiger partial charge is 0.376 e. The lowest BCUT2D eigenvalue weighted by atomic mass is 9.68. The molecule has 1 aromatic heterocycles. The first-order valence-electron chi connectivity index (χ1n) is 6.89. The molecule has 0 aromatic carbocycles. The van der Waals surface area contributed by atoms with Crippen molar-refractivity contribution >= 4 is 5.91 Å². The third-order valence-electron chi connectivity index (χ3n) is 4.13. The average molecular weight is 264 g/mol. The Kier molecular flexibility index (Phi) is 3.52. The van der Waals surface area contributed by atoms with Crippen LogP contribution in [0.1, 0.15) is 19.3 Å². The molecule has 6 nitrogen and oxygen atoms in total. The molecule has 2 heterocycles. The number of carbonyl (C=O) groups is 1. The molecule has 0 bridgehead atoms. The van der Waals surface area contributed by atoms with E-state index < -0.39 is 0 Å². The number of nitrogens with one attached hydrogen (secondary N) is 1. The Balaban J connectivity index is 1.47. The van der Waals surface area contributed by atoms with Gasteiger partial charge in [-0.2, -0.15) is 5.10 Å². The van der Waals surface area contributed by atoms with Crippen LogP contribution in [0.5, 0.6) is 0 Å². The molecule has 1 saturated carbocycles. The molecule has 0 radical (unpaired) electrons. The summed E-state index contributed by atoms with van der Waals surface area (Å²) < 4.78 is 7.45. The van der Waals surface area contributed by atoms with Crippen molar-refractivity contribution in [2.45, 2.75) is 44.0 Å². The van der Waals surface area contributed by atoms with E-state index in [1.54, 1.807) is 10.9 Å². The minimum absolute atomic E-state index is 0.0172. The van der Waals surface area contributed by atoms with Gasteiger partial charge in [0.25, 0.3) is 0 Å². The van der Waals surface area contributed by atoms with Gasteiger partial charge in [-0.3, -0.25) is 9.48 Å². The summed E-state index contributed by atoms with van der Waals surface area (Å²) in [6.07, 6.45) is 6.29. The third kappa shape index (κ3) is 2.50. The van der Waals surface area contributed by atoms with E-state index in [1.165, 1.54) is 0 Å². The lowest BCUT2D eigenvalue weighted by Crippen LogP contribution is -2.72. The molecule has 1 saturated heterocycles. The highest BCUT2D eigenvalue weighted by atomic mass is 16.5. The van der Waals surface area contributed by atoms with E-state index in [-0.39, 0.29) is 24.1 Å². The lowest BCUT2D eigenvalue weighted by molar-refractivity contribution is -0.139. The molecule has 1 aromatic rings. The van der Waals surface area contributed by atoms with E-state index in [1.807, 2.05) is 12.3 Å². The molecule has 104 valence electrons. The van der Waals surface area contributed by atoms with E-state index >= 15 is 0 Å². The van der Waals surface area contributed by atoms with Gasteiger partial charge in [0.1, 0.15) is 0 Å². The highest BCUT2D eigenvalue weighted by molar-refractivity contribution is 5.76. The van der Waals surface area contributed by atoms with E-state index in [4.69, 9.17) is 10.5 Å². The molecule has 2 fully saturated rings. The summed E-state index contributed by atoms with van der Waals surface area (Å²) in [5, 5.41) is 7.07. The fourth-order valence-electron chi connectivity index (χ4n) is 3.03. The Morgan fingerprint density at radius 1 is 1.58 bits per heavy atom. The van der Waals surface area contributed by atoms with Crippen LogP contribution >= 0.6 is 0 Å². The standard InChI is InChI=1S/C13H20N4O2/c14-11-9-3-1-8-19-13(9)12(11)16-10(18)4-7-17-6-2-5-15-17/h2,5-6,9,11-13H,1,3-4,7-8,14H2,(H,16,18). The summed E-state index contributed by atoms with van der Waals surface area (Å²) in [4.78, 5) is 11.9. The van der Waals surface area contributed by atoms with Crippen LogP contribution < -0.4 is 11.1 Å². The van der Waals surface area contributed by atoms with Crippen LogP contribution in [-0.4, -0.2) is 40.5 Å². The number of hydrogen-bond donors (Lipinski definition) is 2. The molecule has 4 unspecified atom stereocenters. The van der Waals surface area contributed by atoms with Gasteiger partial charge in [-0.25, -0.2) is 0 Å². The van der Waals surface area contributed by atoms with Crippen molar-refractivity contribution in [1.29, 1.82) is 0 Å². The van der Waals surface area contributed by atoms with Crippen molar-refractivity contribution in [3.05, 3.63) is 18.5 Å². The molecule has 3 rings (SSSR count). The second-order valence-electron chi connectivity index (χ2n) is 5.33. The van der Waals surface area contributed by atoms with Crippen molar-refractivity contribution in [3.63, 3.8) is 0 Å². The van der Waals surface area contributed by atoms with Crippen LogP contribution in [0, 0.1) is 5.92 Å². The van der Waals surface area contributed by atoms with Gasteiger partial charge in [0, 0.05) is 43.9 Å². The zero-order valence-corrected chi connectivity index (χ0v) is 10.9. The number of hydrogen-bond acceptors (Lipinski definition) is 4. The van der Waals surface area contributed by atoms with Crippen LogP contribution in [-0.2, 0) is 16.1 Å². The Bertz CT molecular complexity index is 434. The summed E-state index contributed by atoms with van der Waals surface area (Å²) in [6, 6.07) is 1.87. The normalized spacial score (nSPS) is 33.3. The van der Waals surface area contributed by atoms with Gasteiger partial charge in [-0.15, -0.1) is 0 Å². The fraction of sp³-hybridized carbons (Fsp3) is 0.692. The van der Waals surface area contributed by atoms with Crippen molar-refractivity contribution < 1.29 is 9.53 Å². The first-order chi connectivity index (χ1) is 9.25. The maximum absolute atomic E-state index is 11.9. The molecule has 2 aliphatic rings. The van der Waals surface area contributed by atoms with Crippen LogP contribution in [0.3, 0.4) is 0 Å². The number of nitrogens with two attached hydrogens (primary N) is 1. The molecule has 6 heteroatoms. The number of fused-ring (bicyclic) bond motifs is 1. The van der Waals surface area contributed by atoms with Gasteiger partial charge in [0.2, 0.25) is 5.91 Å². The summed E-state index contributed by atoms with van der Waals surface area (Å²) in [5.74, 6) is 0.439. The van der Waals surface area contributed by atoms with Crippen LogP contribution in [0.25, 0.3) is 0 Å². The van der Waals surface area contributed by atoms with Crippen molar-refractivity contribution in [3.8, 4) is 0 Å². The zero-order chi connectivity index (χ0) is 13.2. The minimum Gasteiger partial charge on any atom is -0.376 e. The summed E-state index contributed by atoms with van der Waals surface area (Å²) in [6.45, 7) is 1.38. The van der Waals surface area contributed by atoms with Gasteiger partial charge in [-0.05, 0) is 18.9 Å². The fourth-order valence-corrected chi connectivity index (χ4v) is 3.03. The maximum atomic E-state index is 11.9. The monoisotopic (exact) mass is 264 g/mol. The maximum Gasteiger partial charge on any atom is 0.222 e. The van der Waals surface area contributed by atoms with Crippen LogP contribution in [0.15, 0.2) is 18.5 Å². The predicted molar refractivity (Wildman–Crippen MR) is 69.2 cm³/mol. The summed E-state index contributed by atoms with van der Waals surface area (Å²) in [7, 11) is 0. The van der Waals surface area contributed by atoms with Crippen LogP contribution in [0.4, 0.5) is 0 Å². The molecule has 0 spiro atoms. The number of aryl methyl sites for hydroxylation is 1. The number of aromatic nitrogens is 2. The molecule has 4 atom stereocenters. The molecule has 1 aliphatic heterocycles. The average Bonchev–Trinajstić information content (AvgIpc) is 2.95. The molecular formula is C13H20N4O2. The predicted octanol–water partition coefficient (Wildman–Crippen LogP) is -0.106. The second kappa shape index (κ2) is 5.30. The highest BCUT2D eigenvalue weighted by Gasteiger charge is 2.50. The topological polar surface area (TPSA) is 82.2 Å².